The summed E-state index contributed by atoms with van der Waals surface area (Å²) >= 11 is 10.2. The molecule has 4 nitrogen and oxygen atoms in total. The Morgan fingerprint density at radius 1 is 1.09 bits per heavy atom. The third kappa shape index (κ3) is 3.88. The fourth-order valence-corrected chi connectivity index (χ4v) is 3.11. The summed E-state index contributed by atoms with van der Waals surface area (Å²) in [5.74, 6) is -1.05. The molecule has 2 rings (SSSR count). The maximum atomic E-state index is 13.2. The van der Waals surface area contributed by atoms with E-state index in [0.29, 0.717) is 24.5 Å². The van der Waals surface area contributed by atoms with E-state index in [-0.39, 0.29) is 0 Å². The van der Waals surface area contributed by atoms with Crippen LogP contribution in [0.25, 0.3) is 0 Å². The Kier molecular flexibility index (Phi) is 5.60. The molecule has 2 aromatic carbocycles. The second-order valence-corrected chi connectivity index (χ2v) is 6.27. The van der Waals surface area contributed by atoms with Crippen molar-refractivity contribution in [1.82, 2.24) is 4.31 Å². The fraction of sp³-hybridized carbons (Fsp3) is 0. The normalized spacial score (nSPS) is 10.2. The smallest absolute Gasteiger partial charge is 0.305 e. The van der Waals surface area contributed by atoms with Crippen LogP contribution in [0.5, 0.6) is 0 Å². The van der Waals surface area contributed by atoms with Crippen LogP contribution in [0, 0.1) is 5.82 Å². The van der Waals surface area contributed by atoms with E-state index in [1.54, 1.807) is 30.3 Å². The highest BCUT2D eigenvalue weighted by molar-refractivity contribution is 9.11. The van der Waals surface area contributed by atoms with Crippen molar-refractivity contribution in [1.29, 1.82) is 0 Å². The largest absolute Gasteiger partial charge is 0.339 e. The van der Waals surface area contributed by atoms with Crippen molar-refractivity contribution < 1.29 is 14.0 Å². The first-order valence-electron chi connectivity index (χ1n) is 5.94. The highest BCUT2D eigenvalue weighted by atomic mass is 79.9. The summed E-state index contributed by atoms with van der Waals surface area (Å²) in [5.41, 5.74) is 0.621. The highest BCUT2D eigenvalue weighted by Crippen LogP contribution is 2.32. The molecule has 0 saturated heterocycles. The number of benzene rings is 2. The first-order valence-corrected chi connectivity index (χ1v) is 7.92. The molecule has 2 aromatic rings. The van der Waals surface area contributed by atoms with Gasteiger partial charge in [0.05, 0.1) is 5.69 Å². The van der Waals surface area contributed by atoms with E-state index in [2.05, 4.69) is 50.0 Å². The van der Waals surface area contributed by atoms with Gasteiger partial charge in [-0.3, -0.25) is 4.79 Å². The molecule has 0 bridgehead atoms. The number of rotatable bonds is 2. The second-order valence-electron chi connectivity index (χ2n) is 4.16. The first kappa shape index (κ1) is 17.0. The molecule has 22 heavy (non-hydrogen) atoms. The van der Waals surface area contributed by atoms with Gasteiger partial charge in [-0.15, -0.1) is 0 Å². The zero-order valence-corrected chi connectivity index (χ0v) is 15.0. The van der Waals surface area contributed by atoms with Crippen molar-refractivity contribution in [2.24, 2.45) is 0 Å². The minimum atomic E-state index is -0.759. The lowest BCUT2D eigenvalue weighted by Crippen LogP contribution is -2.32. The first-order chi connectivity index (χ1) is 10.4. The molecule has 0 atom stereocenters. The van der Waals surface area contributed by atoms with E-state index in [1.807, 2.05) is 0 Å². The number of nitrogens with zero attached hydrogens (tertiary/aromatic N) is 1. The third-order valence-corrected chi connectivity index (χ3v) is 4.26. The van der Waals surface area contributed by atoms with Crippen LogP contribution in [0.15, 0.2) is 51.4 Å². The Morgan fingerprint density at radius 2 is 1.64 bits per heavy atom. The lowest BCUT2D eigenvalue weighted by molar-refractivity contribution is 0.0902. The zero-order valence-electron chi connectivity index (χ0n) is 10.9. The molecule has 0 radical (unpaired) electrons. The number of thiol groups is 1. The molecule has 0 saturated carbocycles. The van der Waals surface area contributed by atoms with Crippen LogP contribution in [0.3, 0.4) is 0 Å². The number of nitrogens with one attached hydrogen (secondary N) is 1. The van der Waals surface area contributed by atoms with Crippen LogP contribution in [0.2, 0.25) is 0 Å². The maximum Gasteiger partial charge on any atom is 0.339 e. The van der Waals surface area contributed by atoms with Crippen LogP contribution in [-0.4, -0.2) is 16.2 Å². The molecule has 3 amide bonds. The molecule has 0 spiro atoms. The minimum absolute atomic E-state index is 0.298. The van der Waals surface area contributed by atoms with Gasteiger partial charge in [-0.1, -0.05) is 31.0 Å². The molecule has 1 N–H and O–H groups in total. The van der Waals surface area contributed by atoms with Gasteiger partial charge >= 0.3 is 6.03 Å². The molecular formula is C14H9Br2FN2O2S. The third-order valence-electron chi connectivity index (χ3n) is 2.64. The summed E-state index contributed by atoms with van der Waals surface area (Å²) in [6, 6.07) is 9.90. The van der Waals surface area contributed by atoms with Crippen molar-refractivity contribution in [2.45, 2.75) is 0 Å². The lowest BCUT2D eigenvalue weighted by atomic mass is 10.2. The molecule has 0 aliphatic carbocycles. The van der Waals surface area contributed by atoms with E-state index in [9.17, 15) is 14.0 Å². The second kappa shape index (κ2) is 7.26. The summed E-state index contributed by atoms with van der Waals surface area (Å²) < 4.78 is 14.5. The fourth-order valence-electron chi connectivity index (χ4n) is 1.62. The molecule has 0 aliphatic heterocycles. The summed E-state index contributed by atoms with van der Waals surface area (Å²) in [5, 5.41) is 2.49. The predicted octanol–water partition coefficient (Wildman–Crippen LogP) is 4.87. The standard InChI is InChI=1S/C14H9Br2FN2O2S/c15-10-6-9(17)7-11(16)12(10)18-14(21)19(22)13(20)8-4-2-1-3-5-8/h1-7,22H,(H,18,21). The van der Waals surface area contributed by atoms with Crippen molar-refractivity contribution in [3.8, 4) is 0 Å². The quantitative estimate of drug-likeness (QED) is 0.645. The average molecular weight is 448 g/mol. The van der Waals surface area contributed by atoms with Crippen LogP contribution < -0.4 is 5.32 Å². The van der Waals surface area contributed by atoms with Gasteiger partial charge < -0.3 is 5.32 Å². The van der Waals surface area contributed by atoms with Gasteiger partial charge in [0.15, 0.2) is 0 Å². The van der Waals surface area contributed by atoms with Crippen LogP contribution in [0.4, 0.5) is 14.9 Å². The number of imide groups is 1. The summed E-state index contributed by atoms with van der Waals surface area (Å²) in [4.78, 5) is 24.2. The summed E-state index contributed by atoms with van der Waals surface area (Å²) in [6.07, 6.45) is 0. The zero-order chi connectivity index (χ0) is 16.3. The number of hydrogen-bond acceptors (Lipinski definition) is 3. The molecule has 114 valence electrons. The van der Waals surface area contributed by atoms with Gasteiger partial charge in [0, 0.05) is 14.5 Å². The molecule has 0 unspecified atom stereocenters. The number of anilines is 1. The van der Waals surface area contributed by atoms with E-state index in [0.717, 1.165) is 0 Å². The number of halogens is 3. The summed E-state index contributed by atoms with van der Waals surface area (Å²) in [6.45, 7) is 0. The number of hydrogen-bond donors (Lipinski definition) is 2. The minimum Gasteiger partial charge on any atom is -0.305 e. The number of carbonyl (C=O) groups excluding carboxylic acids is 2. The van der Waals surface area contributed by atoms with E-state index in [4.69, 9.17) is 0 Å². The Labute approximate surface area is 148 Å². The van der Waals surface area contributed by atoms with Gasteiger partial charge in [-0.2, -0.15) is 0 Å². The van der Waals surface area contributed by atoms with E-state index >= 15 is 0 Å². The molecule has 8 heteroatoms. The number of amides is 3. The van der Waals surface area contributed by atoms with Crippen molar-refractivity contribution >= 4 is 62.3 Å². The van der Waals surface area contributed by atoms with Crippen molar-refractivity contribution in [3.05, 3.63) is 62.8 Å². The van der Waals surface area contributed by atoms with Crippen molar-refractivity contribution in [3.63, 3.8) is 0 Å². The maximum absolute atomic E-state index is 13.2. The van der Waals surface area contributed by atoms with Gasteiger partial charge in [-0.25, -0.2) is 13.5 Å². The Bertz CT molecular complexity index is 705. The van der Waals surface area contributed by atoms with Crippen LogP contribution in [-0.2, 0) is 0 Å². The Morgan fingerprint density at radius 3 is 2.18 bits per heavy atom. The van der Waals surface area contributed by atoms with Crippen LogP contribution in [0.1, 0.15) is 10.4 Å². The molecule has 0 aromatic heterocycles. The SMILES string of the molecule is O=C(Nc1c(Br)cc(F)cc1Br)N(S)C(=O)c1ccccc1. The van der Waals surface area contributed by atoms with Gasteiger partial charge in [-0.05, 0) is 56.1 Å². The van der Waals surface area contributed by atoms with E-state index in [1.165, 1.54) is 12.1 Å². The number of carbonyl (C=O) groups is 2. The highest BCUT2D eigenvalue weighted by Gasteiger charge is 2.21. The van der Waals surface area contributed by atoms with Gasteiger partial charge in [0.25, 0.3) is 5.91 Å². The predicted molar refractivity (Wildman–Crippen MR) is 92.4 cm³/mol. The molecule has 0 heterocycles. The topological polar surface area (TPSA) is 49.4 Å². The summed E-state index contributed by atoms with van der Waals surface area (Å²) in [7, 11) is 0. The average Bonchev–Trinajstić information content (AvgIpc) is 2.50. The van der Waals surface area contributed by atoms with Gasteiger partial charge in [0.1, 0.15) is 5.82 Å². The monoisotopic (exact) mass is 446 g/mol. The Balaban J connectivity index is 2.17. The lowest BCUT2D eigenvalue weighted by Gasteiger charge is -2.16. The molecule has 0 fully saturated rings. The van der Waals surface area contributed by atoms with E-state index < -0.39 is 17.8 Å². The molecular weight excluding hydrogens is 439 g/mol. The van der Waals surface area contributed by atoms with Crippen molar-refractivity contribution in [2.75, 3.05) is 5.32 Å². The van der Waals surface area contributed by atoms with Crippen LogP contribution >= 0.6 is 44.7 Å². The number of urea groups is 1. The Hall–Kier alpha value is -1.38. The molecule has 0 aliphatic rings. The van der Waals surface area contributed by atoms with Gasteiger partial charge in [0.2, 0.25) is 0 Å².